The summed E-state index contributed by atoms with van der Waals surface area (Å²) in [5.41, 5.74) is 0. The summed E-state index contributed by atoms with van der Waals surface area (Å²) in [7, 11) is 0. The molecular weight excluding hydrogens is 368 g/mol. The molecule has 0 unspecified atom stereocenters. The Kier molecular flexibility index (Phi) is 2.89. The van der Waals surface area contributed by atoms with Gasteiger partial charge in [0, 0.05) is 11.8 Å². The highest BCUT2D eigenvalue weighted by Gasteiger charge is 2.70. The molecule has 0 aromatic heterocycles. The molecule has 2 heterocycles. The van der Waals surface area contributed by atoms with Crippen molar-refractivity contribution in [2.45, 2.75) is 34.1 Å². The van der Waals surface area contributed by atoms with E-state index in [-0.39, 0.29) is 9.65 Å². The molecule has 0 N–H and O–H groups in total. The van der Waals surface area contributed by atoms with Gasteiger partial charge in [-0.25, -0.2) is 0 Å². The molecule has 4 aliphatic rings. The van der Waals surface area contributed by atoms with Crippen LogP contribution >= 0.6 is 31.9 Å². The Bertz CT molecular complexity index is 318. The van der Waals surface area contributed by atoms with Crippen LogP contribution in [0.5, 0.6) is 0 Å². The van der Waals surface area contributed by atoms with E-state index >= 15 is 0 Å². The highest BCUT2D eigenvalue weighted by molar-refractivity contribution is 9.09. The summed E-state index contributed by atoms with van der Waals surface area (Å²) in [6.45, 7) is 2.75. The minimum absolute atomic E-state index is 0.229. The maximum Gasteiger partial charge on any atom is 0.184 e. The van der Waals surface area contributed by atoms with Crippen LogP contribution in [0.4, 0.5) is 0 Å². The Labute approximate surface area is 123 Å². The summed E-state index contributed by atoms with van der Waals surface area (Å²) in [5, 5.41) is 0. The number of halogens is 2. The Morgan fingerprint density at radius 1 is 0.667 bits per heavy atom. The van der Waals surface area contributed by atoms with Gasteiger partial charge in [-0.2, -0.15) is 0 Å². The summed E-state index contributed by atoms with van der Waals surface area (Å²) >= 11 is 7.50. The molecule has 0 aromatic carbocycles. The van der Waals surface area contributed by atoms with Gasteiger partial charge in [0.15, 0.2) is 11.6 Å². The van der Waals surface area contributed by atoms with Crippen LogP contribution in [0.2, 0.25) is 0 Å². The molecule has 0 amide bonds. The zero-order valence-corrected chi connectivity index (χ0v) is 13.1. The molecular formula is C12H16Br2O4. The monoisotopic (exact) mass is 382 g/mol. The minimum atomic E-state index is -0.463. The number of hydrogen-bond acceptors (Lipinski definition) is 4. The first-order valence-electron chi connectivity index (χ1n) is 6.53. The van der Waals surface area contributed by atoms with Gasteiger partial charge in [-0.1, -0.05) is 31.9 Å². The first kappa shape index (κ1) is 12.5. The molecule has 0 bridgehead atoms. The Hall–Kier alpha value is 0.800. The van der Waals surface area contributed by atoms with Gasteiger partial charge in [0.25, 0.3) is 0 Å². The van der Waals surface area contributed by atoms with Crippen LogP contribution in [0.1, 0.15) is 12.8 Å². The number of alkyl halides is 2. The van der Waals surface area contributed by atoms with Crippen LogP contribution in [0.15, 0.2) is 0 Å². The second-order valence-corrected chi connectivity index (χ2v) is 7.67. The SMILES string of the molecule is Br[C@@H]1C[C@H]2[C@@H](C[C@@H](Br)C23OCCO3)C12OCCO2. The Balaban J connectivity index is 1.71. The molecule has 4 nitrogen and oxygen atoms in total. The lowest BCUT2D eigenvalue weighted by molar-refractivity contribution is -0.202. The van der Waals surface area contributed by atoms with Crippen LogP contribution in [0.25, 0.3) is 0 Å². The largest absolute Gasteiger partial charge is 0.346 e. The lowest BCUT2D eigenvalue weighted by atomic mass is 9.94. The summed E-state index contributed by atoms with van der Waals surface area (Å²) in [6.07, 6.45) is 1.96. The molecule has 2 saturated heterocycles. The summed E-state index contributed by atoms with van der Waals surface area (Å²) in [6, 6.07) is 0. The summed E-state index contributed by atoms with van der Waals surface area (Å²) in [5.74, 6) is -0.246. The molecule has 2 aliphatic heterocycles. The van der Waals surface area contributed by atoms with Gasteiger partial charge in [0.05, 0.1) is 36.1 Å². The smallest absolute Gasteiger partial charge is 0.184 e. The zero-order valence-electron chi connectivity index (χ0n) is 9.94. The van der Waals surface area contributed by atoms with Crippen molar-refractivity contribution in [3.8, 4) is 0 Å². The van der Waals surface area contributed by atoms with Gasteiger partial charge in [0.2, 0.25) is 0 Å². The van der Waals surface area contributed by atoms with Crippen molar-refractivity contribution < 1.29 is 18.9 Å². The van der Waals surface area contributed by atoms with Crippen LogP contribution in [0, 0.1) is 11.8 Å². The maximum atomic E-state index is 5.98. The lowest BCUT2D eigenvalue weighted by Gasteiger charge is -2.32. The predicted octanol–water partition coefficient (Wildman–Crippen LogP) is 2.04. The quantitative estimate of drug-likeness (QED) is 0.600. The zero-order chi connectivity index (χ0) is 12.4. The summed E-state index contributed by atoms with van der Waals surface area (Å²) in [4.78, 5) is 0.458. The first-order valence-corrected chi connectivity index (χ1v) is 8.36. The molecule has 2 aliphatic carbocycles. The third-order valence-corrected chi connectivity index (χ3v) is 6.82. The van der Waals surface area contributed by atoms with Crippen molar-refractivity contribution in [1.29, 1.82) is 0 Å². The maximum absolute atomic E-state index is 5.98. The lowest BCUT2D eigenvalue weighted by Crippen LogP contribution is -2.43. The predicted molar refractivity (Wildman–Crippen MR) is 70.9 cm³/mol. The van der Waals surface area contributed by atoms with E-state index in [4.69, 9.17) is 18.9 Å². The van der Waals surface area contributed by atoms with Crippen LogP contribution in [0.3, 0.4) is 0 Å². The standard InChI is InChI=1S/C12H16Br2O4/c13-9-6-8-7(11(9)15-1-2-16-11)5-10(14)12(8)17-3-4-18-12/h7-10H,1-6H2/t7-,8+,9-,10-/m1/s1. The fraction of sp³-hybridized carbons (Fsp3) is 1.00. The van der Waals surface area contributed by atoms with E-state index in [1.807, 2.05) is 0 Å². The number of fused-ring (bicyclic) bond motifs is 3. The van der Waals surface area contributed by atoms with Crippen molar-refractivity contribution >= 4 is 31.9 Å². The molecule has 4 atom stereocenters. The normalized spacial score (nSPS) is 48.3. The highest BCUT2D eigenvalue weighted by atomic mass is 79.9. The van der Waals surface area contributed by atoms with E-state index in [1.54, 1.807) is 0 Å². The molecule has 2 saturated carbocycles. The van der Waals surface area contributed by atoms with Crippen molar-refractivity contribution in [3.63, 3.8) is 0 Å². The van der Waals surface area contributed by atoms with E-state index in [1.165, 1.54) is 0 Å². The summed E-state index contributed by atoms with van der Waals surface area (Å²) < 4.78 is 23.9. The van der Waals surface area contributed by atoms with Gasteiger partial charge in [-0.15, -0.1) is 0 Å². The second-order valence-electron chi connectivity index (χ2n) is 5.46. The first-order chi connectivity index (χ1) is 8.69. The van der Waals surface area contributed by atoms with Crippen LogP contribution in [-0.4, -0.2) is 47.7 Å². The number of ether oxygens (including phenoxy) is 4. The van der Waals surface area contributed by atoms with E-state index in [2.05, 4.69) is 31.9 Å². The third kappa shape index (κ3) is 1.40. The molecule has 0 aromatic rings. The van der Waals surface area contributed by atoms with Gasteiger partial charge >= 0.3 is 0 Å². The molecule has 6 heteroatoms. The molecule has 4 rings (SSSR count). The van der Waals surface area contributed by atoms with Gasteiger partial charge in [0.1, 0.15) is 0 Å². The number of hydrogen-bond donors (Lipinski definition) is 0. The van der Waals surface area contributed by atoms with Crippen molar-refractivity contribution in [2.75, 3.05) is 26.4 Å². The second kappa shape index (κ2) is 4.15. The molecule has 102 valence electrons. The van der Waals surface area contributed by atoms with Crippen molar-refractivity contribution in [2.24, 2.45) is 11.8 Å². The number of rotatable bonds is 0. The van der Waals surface area contributed by atoms with E-state index < -0.39 is 11.6 Å². The van der Waals surface area contributed by atoms with Crippen molar-refractivity contribution in [1.82, 2.24) is 0 Å². The third-order valence-electron chi connectivity index (χ3n) is 4.79. The Morgan fingerprint density at radius 2 is 1.00 bits per heavy atom. The van der Waals surface area contributed by atoms with Gasteiger partial charge < -0.3 is 18.9 Å². The molecule has 2 spiro atoms. The minimum Gasteiger partial charge on any atom is -0.346 e. The average molecular weight is 384 g/mol. The topological polar surface area (TPSA) is 36.9 Å². The molecule has 0 radical (unpaired) electrons. The van der Waals surface area contributed by atoms with Gasteiger partial charge in [-0.3, -0.25) is 0 Å². The molecule has 18 heavy (non-hydrogen) atoms. The fourth-order valence-electron chi connectivity index (χ4n) is 4.13. The van der Waals surface area contributed by atoms with Crippen molar-refractivity contribution in [3.05, 3.63) is 0 Å². The van der Waals surface area contributed by atoms with E-state index in [9.17, 15) is 0 Å². The average Bonchev–Trinajstić information content (AvgIpc) is 3.07. The van der Waals surface area contributed by atoms with Crippen LogP contribution in [-0.2, 0) is 18.9 Å². The van der Waals surface area contributed by atoms with Crippen LogP contribution < -0.4 is 0 Å². The Morgan fingerprint density at radius 3 is 1.33 bits per heavy atom. The van der Waals surface area contributed by atoms with E-state index in [0.29, 0.717) is 38.3 Å². The fourth-order valence-corrected chi connectivity index (χ4v) is 6.15. The van der Waals surface area contributed by atoms with Gasteiger partial charge in [-0.05, 0) is 12.8 Å². The molecule has 4 fully saturated rings. The van der Waals surface area contributed by atoms with E-state index in [0.717, 1.165) is 12.8 Å². The highest BCUT2D eigenvalue weighted by Crippen LogP contribution is 2.62.